The first-order valence-corrected chi connectivity index (χ1v) is 9.85. The third-order valence-electron chi connectivity index (χ3n) is 4.38. The molecule has 0 aliphatic heterocycles. The number of allylic oxidation sites excluding steroid dienone is 3. The molecule has 0 amide bonds. The largest absolute Gasteiger partial charge is 0.573 e. The zero-order valence-corrected chi connectivity index (χ0v) is 17.7. The number of hydrogen-bond acceptors (Lipinski definition) is 4. The van der Waals surface area contributed by atoms with Gasteiger partial charge in [0.1, 0.15) is 17.8 Å². The van der Waals surface area contributed by atoms with Crippen molar-refractivity contribution in [2.75, 3.05) is 5.32 Å². The van der Waals surface area contributed by atoms with E-state index in [1.165, 1.54) is 48.7 Å². The SMILES string of the molecule is O=CC=C(C=CNc1ccc(OC(F)(F)F)cc1)c1cc[n+](-c2ccc(OC(F)(F)F)cc2)cc1. The molecule has 3 rings (SSSR count). The van der Waals surface area contributed by atoms with Crippen LogP contribution in [0.25, 0.3) is 11.3 Å². The van der Waals surface area contributed by atoms with E-state index in [0.29, 0.717) is 28.8 Å². The van der Waals surface area contributed by atoms with Crippen molar-refractivity contribution in [2.24, 2.45) is 0 Å². The van der Waals surface area contributed by atoms with Crippen LogP contribution in [0.5, 0.6) is 11.5 Å². The fourth-order valence-corrected chi connectivity index (χ4v) is 2.91. The quantitative estimate of drug-likeness (QED) is 0.138. The summed E-state index contributed by atoms with van der Waals surface area (Å²) in [5, 5.41) is 2.88. The highest BCUT2D eigenvalue weighted by atomic mass is 19.4. The first kappa shape index (κ1) is 25.3. The number of nitrogens with zero attached hydrogens (tertiary/aromatic N) is 1. The fraction of sp³-hybridized carbons (Fsp3) is 0.0833. The monoisotopic (exact) mass is 495 g/mol. The van der Waals surface area contributed by atoms with E-state index in [-0.39, 0.29) is 11.5 Å². The van der Waals surface area contributed by atoms with E-state index >= 15 is 0 Å². The Labute approximate surface area is 195 Å². The maximum Gasteiger partial charge on any atom is 0.573 e. The summed E-state index contributed by atoms with van der Waals surface area (Å²) in [6.07, 6.45) is -1.20. The number of ether oxygens (including phenoxy) is 2. The summed E-state index contributed by atoms with van der Waals surface area (Å²) in [6, 6.07) is 13.8. The number of pyridine rings is 1. The Bertz CT molecular complexity index is 1180. The van der Waals surface area contributed by atoms with E-state index < -0.39 is 12.7 Å². The molecule has 0 aliphatic rings. The third kappa shape index (κ3) is 8.22. The number of hydrogen-bond donors (Lipinski definition) is 1. The van der Waals surface area contributed by atoms with Crippen LogP contribution in [0.4, 0.5) is 32.0 Å². The predicted molar refractivity (Wildman–Crippen MR) is 115 cm³/mol. The van der Waals surface area contributed by atoms with Gasteiger partial charge in [-0.25, -0.2) is 0 Å². The van der Waals surface area contributed by atoms with Crippen molar-refractivity contribution in [1.29, 1.82) is 0 Å². The minimum absolute atomic E-state index is 0.338. The Morgan fingerprint density at radius 2 is 1.29 bits per heavy atom. The van der Waals surface area contributed by atoms with Crippen LogP contribution in [0, 0.1) is 0 Å². The molecule has 0 saturated carbocycles. The summed E-state index contributed by atoms with van der Waals surface area (Å²) >= 11 is 0. The van der Waals surface area contributed by atoms with Gasteiger partial charge in [0.2, 0.25) is 5.69 Å². The van der Waals surface area contributed by atoms with Crippen molar-refractivity contribution in [1.82, 2.24) is 0 Å². The molecule has 2 aromatic carbocycles. The van der Waals surface area contributed by atoms with Crippen molar-refractivity contribution in [2.45, 2.75) is 12.7 Å². The average molecular weight is 495 g/mol. The normalized spacial score (nSPS) is 12.5. The van der Waals surface area contributed by atoms with Gasteiger partial charge in [0.05, 0.1) is 0 Å². The molecule has 11 heteroatoms. The number of anilines is 1. The highest BCUT2D eigenvalue weighted by Crippen LogP contribution is 2.25. The van der Waals surface area contributed by atoms with Gasteiger partial charge < -0.3 is 14.8 Å². The second-order valence-electron chi connectivity index (χ2n) is 6.84. The number of benzene rings is 2. The van der Waals surface area contributed by atoms with Crippen LogP contribution in [0.2, 0.25) is 0 Å². The number of halogens is 6. The molecule has 182 valence electrons. The molecular weight excluding hydrogens is 478 g/mol. The molecule has 1 N–H and O–H groups in total. The smallest absolute Gasteiger partial charge is 0.406 e. The minimum Gasteiger partial charge on any atom is -0.406 e. The van der Waals surface area contributed by atoms with Crippen LogP contribution < -0.4 is 19.4 Å². The highest BCUT2D eigenvalue weighted by Gasteiger charge is 2.31. The molecule has 1 aromatic heterocycles. The number of alkyl halides is 6. The first-order valence-electron chi connectivity index (χ1n) is 9.85. The van der Waals surface area contributed by atoms with Crippen LogP contribution in [0.1, 0.15) is 5.56 Å². The molecule has 0 atom stereocenters. The summed E-state index contributed by atoms with van der Waals surface area (Å²) in [5.41, 5.74) is 2.27. The van der Waals surface area contributed by atoms with Crippen molar-refractivity contribution in [3.05, 3.63) is 97.0 Å². The van der Waals surface area contributed by atoms with Gasteiger partial charge >= 0.3 is 12.7 Å². The molecule has 0 saturated heterocycles. The number of rotatable bonds is 8. The van der Waals surface area contributed by atoms with E-state index in [9.17, 15) is 31.1 Å². The topological polar surface area (TPSA) is 51.4 Å². The number of aromatic nitrogens is 1. The molecule has 3 aromatic rings. The van der Waals surface area contributed by atoms with Gasteiger partial charge in [0, 0.05) is 36.2 Å². The fourth-order valence-electron chi connectivity index (χ4n) is 2.91. The Kier molecular flexibility index (Phi) is 7.80. The highest BCUT2D eigenvalue weighted by molar-refractivity contribution is 5.86. The van der Waals surface area contributed by atoms with Gasteiger partial charge in [0.15, 0.2) is 12.4 Å². The number of carbonyl (C=O) groups is 1. The van der Waals surface area contributed by atoms with Crippen molar-refractivity contribution < 1.29 is 45.2 Å². The molecule has 0 fully saturated rings. The Balaban J connectivity index is 1.66. The lowest BCUT2D eigenvalue weighted by molar-refractivity contribution is -0.595. The Hall–Kier alpha value is -4.28. The second-order valence-corrected chi connectivity index (χ2v) is 6.84. The summed E-state index contributed by atoms with van der Waals surface area (Å²) in [6.45, 7) is 0. The minimum atomic E-state index is -4.78. The van der Waals surface area contributed by atoms with Crippen molar-refractivity contribution in [3.63, 3.8) is 0 Å². The van der Waals surface area contributed by atoms with Crippen LogP contribution in [0.15, 0.2) is 91.4 Å². The predicted octanol–water partition coefficient (Wildman–Crippen LogP) is 5.97. The lowest BCUT2D eigenvalue weighted by Gasteiger charge is -2.09. The van der Waals surface area contributed by atoms with Gasteiger partial charge in [-0.2, -0.15) is 4.57 Å². The molecule has 0 radical (unpaired) electrons. The lowest BCUT2D eigenvalue weighted by Crippen LogP contribution is -2.29. The van der Waals surface area contributed by atoms with Gasteiger partial charge in [-0.1, -0.05) is 0 Å². The number of aldehydes is 1. The van der Waals surface area contributed by atoms with E-state index in [1.54, 1.807) is 35.2 Å². The second kappa shape index (κ2) is 10.8. The molecule has 0 spiro atoms. The molecule has 5 nitrogen and oxygen atoms in total. The first-order chi connectivity index (χ1) is 16.5. The number of nitrogens with one attached hydrogen (secondary N) is 1. The summed E-state index contributed by atoms with van der Waals surface area (Å²) in [5.74, 6) is -0.691. The Morgan fingerprint density at radius 3 is 1.77 bits per heavy atom. The van der Waals surface area contributed by atoms with Gasteiger partial charge in [0.25, 0.3) is 0 Å². The van der Waals surface area contributed by atoms with Crippen molar-refractivity contribution >= 4 is 17.5 Å². The lowest BCUT2D eigenvalue weighted by atomic mass is 10.1. The number of carbonyl (C=O) groups excluding carboxylic acids is 1. The van der Waals surface area contributed by atoms with Crippen molar-refractivity contribution in [3.8, 4) is 17.2 Å². The van der Waals surface area contributed by atoms with E-state index in [2.05, 4.69) is 14.8 Å². The Morgan fingerprint density at radius 1 is 0.771 bits per heavy atom. The average Bonchev–Trinajstić information content (AvgIpc) is 2.78. The van der Waals surface area contributed by atoms with Crippen LogP contribution in [-0.4, -0.2) is 19.0 Å². The van der Waals surface area contributed by atoms with E-state index in [4.69, 9.17) is 0 Å². The van der Waals surface area contributed by atoms with Gasteiger partial charge in [-0.05, 0) is 59.7 Å². The molecule has 0 unspecified atom stereocenters. The summed E-state index contributed by atoms with van der Waals surface area (Å²) < 4.78 is 82.9. The molecular formula is C24H17F6N2O3+. The van der Waals surface area contributed by atoms with Crippen LogP contribution in [-0.2, 0) is 4.79 Å². The van der Waals surface area contributed by atoms with E-state index in [1.807, 2.05) is 0 Å². The zero-order valence-electron chi connectivity index (χ0n) is 17.7. The van der Waals surface area contributed by atoms with Gasteiger partial charge in [-0.3, -0.25) is 4.79 Å². The maximum atomic E-state index is 12.3. The van der Waals surface area contributed by atoms with Crippen LogP contribution >= 0.6 is 0 Å². The van der Waals surface area contributed by atoms with E-state index in [0.717, 1.165) is 12.1 Å². The standard InChI is InChI=1S/C24H16F6N2O3/c25-23(26,27)34-21-5-1-19(2-6-21)31-13-9-17(12-16-33)18-10-14-32(15-11-18)20-3-7-22(8-4-20)35-24(28,29)30/h1-16H/p+1. The third-order valence-corrected chi connectivity index (χ3v) is 4.38. The maximum absolute atomic E-state index is 12.3. The van der Waals surface area contributed by atoms with Crippen LogP contribution in [0.3, 0.4) is 0 Å². The van der Waals surface area contributed by atoms with Gasteiger partial charge in [-0.15, -0.1) is 26.3 Å². The summed E-state index contributed by atoms with van der Waals surface area (Å²) in [4.78, 5) is 11.1. The molecule has 1 heterocycles. The molecule has 0 aliphatic carbocycles. The molecule has 35 heavy (non-hydrogen) atoms. The zero-order chi connectivity index (χ0) is 25.5. The summed E-state index contributed by atoms with van der Waals surface area (Å²) in [7, 11) is 0. The molecule has 0 bridgehead atoms.